The van der Waals surface area contributed by atoms with Crippen molar-refractivity contribution in [2.75, 3.05) is 14.2 Å². The number of rotatable bonds is 4. The second-order valence-corrected chi connectivity index (χ2v) is 4.79. The minimum atomic E-state index is -0.478. The zero-order valence-corrected chi connectivity index (χ0v) is 12.2. The molecule has 0 bridgehead atoms. The first kappa shape index (κ1) is 13.8. The Morgan fingerprint density at radius 3 is 2.68 bits per heavy atom. The lowest BCUT2D eigenvalue weighted by atomic mass is 10.1. The van der Waals surface area contributed by atoms with Gasteiger partial charge in [0, 0.05) is 4.47 Å². The maximum Gasteiger partial charge on any atom is 0.373 e. The van der Waals surface area contributed by atoms with E-state index >= 15 is 0 Å². The smallest absolute Gasteiger partial charge is 0.373 e. The van der Waals surface area contributed by atoms with Gasteiger partial charge >= 0.3 is 5.97 Å². The molecule has 1 unspecified atom stereocenters. The Kier molecular flexibility index (Phi) is 4.39. The number of hydrogen-bond acceptors (Lipinski definition) is 4. The fourth-order valence-electron chi connectivity index (χ4n) is 1.88. The summed E-state index contributed by atoms with van der Waals surface area (Å²) in [7, 11) is 3.16. The van der Waals surface area contributed by atoms with Crippen LogP contribution in [-0.4, -0.2) is 20.1 Å². The van der Waals surface area contributed by atoms with E-state index in [1.54, 1.807) is 12.1 Å². The monoisotopic (exact) mass is 323 g/mol. The highest BCUT2D eigenvalue weighted by atomic mass is 79.9. The van der Waals surface area contributed by atoms with E-state index in [1.807, 2.05) is 31.3 Å². The summed E-state index contributed by atoms with van der Waals surface area (Å²) in [5.41, 5.74) is 1.04. The highest BCUT2D eigenvalue weighted by molar-refractivity contribution is 9.10. The predicted octanol–water partition coefficient (Wildman–Crippen LogP) is 3.14. The van der Waals surface area contributed by atoms with Crippen molar-refractivity contribution in [2.24, 2.45) is 0 Å². The second-order valence-electron chi connectivity index (χ2n) is 3.94. The molecule has 0 aliphatic carbocycles. The molecule has 5 heteroatoms. The summed E-state index contributed by atoms with van der Waals surface area (Å²) in [5.74, 6) is 0.382. The van der Waals surface area contributed by atoms with Crippen LogP contribution in [0.4, 0.5) is 0 Å². The minimum Gasteiger partial charge on any atom is -0.463 e. The molecule has 2 aromatic rings. The molecule has 0 saturated carbocycles. The summed E-state index contributed by atoms with van der Waals surface area (Å²) in [6.07, 6.45) is 0. The molecular weight excluding hydrogens is 310 g/mol. The molecule has 0 saturated heterocycles. The zero-order valence-electron chi connectivity index (χ0n) is 10.6. The van der Waals surface area contributed by atoms with Crippen LogP contribution in [0.25, 0.3) is 0 Å². The number of benzene rings is 1. The fourth-order valence-corrected chi connectivity index (χ4v) is 2.39. The van der Waals surface area contributed by atoms with Gasteiger partial charge in [0.15, 0.2) is 0 Å². The standard InChI is InChI=1S/C14H14BrNO3/c1-16-13(9-5-3-4-6-10(9)15)11-7-8-12(19-11)14(17)18-2/h3-8,13,16H,1-2H3. The SMILES string of the molecule is CNC(c1ccc(C(=O)OC)o1)c1ccccc1Br. The topological polar surface area (TPSA) is 51.5 Å². The summed E-state index contributed by atoms with van der Waals surface area (Å²) in [6.45, 7) is 0. The van der Waals surface area contributed by atoms with Gasteiger partial charge in [0.2, 0.25) is 5.76 Å². The van der Waals surface area contributed by atoms with Crippen LogP contribution in [0.15, 0.2) is 45.3 Å². The van der Waals surface area contributed by atoms with Crippen molar-refractivity contribution in [3.8, 4) is 0 Å². The first-order valence-electron chi connectivity index (χ1n) is 5.77. The molecule has 1 aromatic carbocycles. The Balaban J connectivity index is 2.35. The predicted molar refractivity (Wildman–Crippen MR) is 75.1 cm³/mol. The fraction of sp³-hybridized carbons (Fsp3) is 0.214. The van der Waals surface area contributed by atoms with Gasteiger partial charge < -0.3 is 14.5 Å². The van der Waals surface area contributed by atoms with Crippen molar-refractivity contribution >= 4 is 21.9 Å². The normalized spacial score (nSPS) is 12.2. The maximum atomic E-state index is 11.4. The van der Waals surface area contributed by atoms with E-state index in [2.05, 4.69) is 26.0 Å². The minimum absolute atomic E-state index is 0.131. The van der Waals surface area contributed by atoms with Gasteiger partial charge in [-0.1, -0.05) is 34.1 Å². The van der Waals surface area contributed by atoms with Crippen LogP contribution in [0.3, 0.4) is 0 Å². The van der Waals surface area contributed by atoms with E-state index < -0.39 is 5.97 Å². The quantitative estimate of drug-likeness (QED) is 0.878. The Hall–Kier alpha value is -1.59. The van der Waals surface area contributed by atoms with Gasteiger partial charge in [0.05, 0.1) is 13.2 Å². The number of carbonyl (C=O) groups is 1. The molecule has 1 atom stereocenters. The third-order valence-corrected chi connectivity index (χ3v) is 3.52. The van der Waals surface area contributed by atoms with Crippen LogP contribution in [0.5, 0.6) is 0 Å². The third-order valence-electron chi connectivity index (χ3n) is 2.80. The van der Waals surface area contributed by atoms with Crippen molar-refractivity contribution in [3.05, 3.63) is 58.0 Å². The van der Waals surface area contributed by atoms with Crippen LogP contribution in [0.1, 0.15) is 27.9 Å². The lowest BCUT2D eigenvalue weighted by molar-refractivity contribution is 0.0562. The van der Waals surface area contributed by atoms with Crippen LogP contribution in [-0.2, 0) is 4.74 Å². The summed E-state index contributed by atoms with van der Waals surface area (Å²) in [5, 5.41) is 3.17. The molecule has 0 fully saturated rings. The van der Waals surface area contributed by atoms with Crippen LogP contribution < -0.4 is 5.32 Å². The Bertz CT molecular complexity index is 580. The van der Waals surface area contributed by atoms with Crippen molar-refractivity contribution in [1.82, 2.24) is 5.32 Å². The molecule has 1 aromatic heterocycles. The molecule has 19 heavy (non-hydrogen) atoms. The van der Waals surface area contributed by atoms with Gasteiger partial charge in [0.1, 0.15) is 5.76 Å². The van der Waals surface area contributed by atoms with E-state index in [0.29, 0.717) is 5.76 Å². The van der Waals surface area contributed by atoms with E-state index in [1.165, 1.54) is 7.11 Å². The van der Waals surface area contributed by atoms with Gasteiger partial charge in [-0.05, 0) is 30.8 Å². The number of furan rings is 1. The van der Waals surface area contributed by atoms with Crippen LogP contribution in [0.2, 0.25) is 0 Å². The summed E-state index contributed by atoms with van der Waals surface area (Å²) in [6, 6.07) is 11.1. The van der Waals surface area contributed by atoms with E-state index in [4.69, 9.17) is 4.42 Å². The maximum absolute atomic E-state index is 11.4. The van der Waals surface area contributed by atoms with E-state index in [0.717, 1.165) is 10.0 Å². The van der Waals surface area contributed by atoms with Crippen molar-refractivity contribution in [3.63, 3.8) is 0 Å². The van der Waals surface area contributed by atoms with Gasteiger partial charge in [-0.25, -0.2) is 4.79 Å². The third kappa shape index (κ3) is 2.88. The molecule has 4 nitrogen and oxygen atoms in total. The number of nitrogens with one attached hydrogen (secondary N) is 1. The van der Waals surface area contributed by atoms with E-state index in [9.17, 15) is 4.79 Å². The average molecular weight is 324 g/mol. The number of ether oxygens (including phenoxy) is 1. The van der Waals surface area contributed by atoms with Crippen LogP contribution >= 0.6 is 15.9 Å². The number of esters is 1. The molecule has 1 heterocycles. The Morgan fingerprint density at radius 2 is 2.05 bits per heavy atom. The lowest BCUT2D eigenvalue weighted by Crippen LogP contribution is -2.17. The molecule has 0 aliphatic heterocycles. The van der Waals surface area contributed by atoms with Gasteiger partial charge in [-0.2, -0.15) is 0 Å². The average Bonchev–Trinajstić information content (AvgIpc) is 2.90. The second kappa shape index (κ2) is 6.04. The molecule has 2 rings (SSSR count). The zero-order chi connectivity index (χ0) is 13.8. The highest BCUT2D eigenvalue weighted by Crippen LogP contribution is 2.29. The van der Waals surface area contributed by atoms with Crippen LogP contribution in [0, 0.1) is 0 Å². The highest BCUT2D eigenvalue weighted by Gasteiger charge is 2.20. The Labute approximate surface area is 119 Å². The molecule has 0 spiro atoms. The number of methoxy groups -OCH3 is 1. The number of hydrogen-bond donors (Lipinski definition) is 1. The summed E-state index contributed by atoms with van der Waals surface area (Å²) >= 11 is 3.51. The number of halogens is 1. The van der Waals surface area contributed by atoms with Gasteiger partial charge in [0.25, 0.3) is 0 Å². The molecule has 0 amide bonds. The molecular formula is C14H14BrNO3. The van der Waals surface area contributed by atoms with Gasteiger partial charge in [-0.15, -0.1) is 0 Å². The Morgan fingerprint density at radius 1 is 1.32 bits per heavy atom. The molecule has 100 valence electrons. The molecule has 1 N–H and O–H groups in total. The lowest BCUT2D eigenvalue weighted by Gasteiger charge is -2.15. The van der Waals surface area contributed by atoms with Gasteiger partial charge in [-0.3, -0.25) is 0 Å². The first-order chi connectivity index (χ1) is 9.17. The van der Waals surface area contributed by atoms with Crippen molar-refractivity contribution in [2.45, 2.75) is 6.04 Å². The number of carbonyl (C=O) groups excluding carboxylic acids is 1. The van der Waals surface area contributed by atoms with Crippen molar-refractivity contribution in [1.29, 1.82) is 0 Å². The first-order valence-corrected chi connectivity index (χ1v) is 6.56. The largest absolute Gasteiger partial charge is 0.463 e. The molecule has 0 radical (unpaired) electrons. The molecule has 0 aliphatic rings. The summed E-state index contributed by atoms with van der Waals surface area (Å²) in [4.78, 5) is 11.4. The van der Waals surface area contributed by atoms with Crippen molar-refractivity contribution < 1.29 is 13.9 Å². The van der Waals surface area contributed by atoms with E-state index in [-0.39, 0.29) is 11.8 Å². The summed E-state index contributed by atoms with van der Waals surface area (Å²) < 4.78 is 11.1.